The van der Waals surface area contributed by atoms with Crippen LogP contribution in [0.15, 0.2) is 48.5 Å². The Bertz CT molecular complexity index is 904. The third kappa shape index (κ3) is 4.83. The molecule has 0 saturated heterocycles. The second kappa shape index (κ2) is 8.64. The van der Waals surface area contributed by atoms with Gasteiger partial charge in [0, 0.05) is 12.7 Å². The predicted octanol–water partition coefficient (Wildman–Crippen LogP) is 4.53. The van der Waals surface area contributed by atoms with Crippen molar-refractivity contribution in [1.82, 2.24) is 9.88 Å². The first-order valence-electron chi connectivity index (χ1n) is 8.70. The summed E-state index contributed by atoms with van der Waals surface area (Å²) in [5.41, 5.74) is 2.02. The number of ether oxygens (including phenoxy) is 1. The number of rotatable bonds is 6. The normalized spacial score (nSPS) is 10.6. The summed E-state index contributed by atoms with van der Waals surface area (Å²) in [6.07, 6.45) is 0.779. The van der Waals surface area contributed by atoms with Crippen LogP contribution >= 0.6 is 11.3 Å². The Morgan fingerprint density at radius 3 is 2.59 bits per heavy atom. The van der Waals surface area contributed by atoms with Crippen molar-refractivity contribution < 1.29 is 14.3 Å². The number of nitrogens with one attached hydrogen (secondary N) is 1. The summed E-state index contributed by atoms with van der Waals surface area (Å²) < 4.78 is 6.19. The van der Waals surface area contributed by atoms with Crippen LogP contribution in [-0.4, -0.2) is 35.5 Å². The molecule has 27 heavy (non-hydrogen) atoms. The zero-order valence-electron chi connectivity index (χ0n) is 15.3. The fraction of sp³-hybridized carbons (Fsp3) is 0.250. The fourth-order valence-electron chi connectivity index (χ4n) is 2.45. The lowest BCUT2D eigenvalue weighted by atomic mass is 10.2. The Balaban J connectivity index is 1.58. The molecule has 0 aliphatic heterocycles. The molecule has 0 fully saturated rings. The van der Waals surface area contributed by atoms with E-state index in [1.54, 1.807) is 47.5 Å². The quantitative estimate of drug-likeness (QED) is 0.635. The number of amides is 2. The minimum absolute atomic E-state index is 0.240. The van der Waals surface area contributed by atoms with Gasteiger partial charge in [-0.2, -0.15) is 0 Å². The van der Waals surface area contributed by atoms with Gasteiger partial charge in [0.1, 0.15) is 5.01 Å². The van der Waals surface area contributed by atoms with Crippen LogP contribution in [0.5, 0.6) is 0 Å². The summed E-state index contributed by atoms with van der Waals surface area (Å²) in [4.78, 5) is 30.3. The van der Waals surface area contributed by atoms with Gasteiger partial charge in [-0.1, -0.05) is 19.1 Å². The van der Waals surface area contributed by atoms with Crippen molar-refractivity contribution in [3.63, 3.8) is 0 Å². The molecule has 140 valence electrons. The molecule has 0 spiro atoms. The van der Waals surface area contributed by atoms with Gasteiger partial charge in [0.2, 0.25) is 0 Å². The van der Waals surface area contributed by atoms with E-state index in [2.05, 4.69) is 10.3 Å². The molecule has 1 aromatic heterocycles. The number of thiazole rings is 1. The van der Waals surface area contributed by atoms with Crippen LogP contribution in [0, 0.1) is 0 Å². The fourth-order valence-corrected chi connectivity index (χ4v) is 3.47. The van der Waals surface area contributed by atoms with E-state index in [-0.39, 0.29) is 12.0 Å². The van der Waals surface area contributed by atoms with Crippen LogP contribution in [-0.2, 0) is 11.3 Å². The van der Waals surface area contributed by atoms with Crippen molar-refractivity contribution in [2.45, 2.75) is 19.9 Å². The van der Waals surface area contributed by atoms with Gasteiger partial charge in [-0.25, -0.2) is 14.6 Å². The summed E-state index contributed by atoms with van der Waals surface area (Å²) >= 11 is 1.58. The number of fused-ring (bicyclic) bond motifs is 1. The summed E-state index contributed by atoms with van der Waals surface area (Å²) in [5, 5.41) is 3.69. The smallest absolute Gasteiger partial charge is 0.338 e. The Morgan fingerprint density at radius 2 is 1.89 bits per heavy atom. The number of carbonyl (C=O) groups excluding carboxylic acids is 2. The number of esters is 1. The number of urea groups is 1. The van der Waals surface area contributed by atoms with E-state index in [0.717, 1.165) is 21.6 Å². The van der Waals surface area contributed by atoms with E-state index in [1.807, 2.05) is 31.2 Å². The minimum atomic E-state index is -0.359. The van der Waals surface area contributed by atoms with E-state index >= 15 is 0 Å². The summed E-state index contributed by atoms with van der Waals surface area (Å²) in [6.45, 7) is 2.76. The molecule has 0 radical (unpaired) electrons. The lowest BCUT2D eigenvalue weighted by Gasteiger charge is -2.16. The molecule has 3 aromatic rings. The van der Waals surface area contributed by atoms with Crippen LogP contribution in [0.2, 0.25) is 0 Å². The van der Waals surface area contributed by atoms with Crippen LogP contribution in [0.3, 0.4) is 0 Å². The monoisotopic (exact) mass is 383 g/mol. The number of para-hydroxylation sites is 1. The Kier molecular flexibility index (Phi) is 6.03. The summed E-state index contributed by atoms with van der Waals surface area (Å²) in [7, 11) is 1.72. The van der Waals surface area contributed by atoms with Crippen molar-refractivity contribution in [3.8, 4) is 0 Å². The number of aromatic nitrogens is 1. The molecule has 0 aliphatic rings. The number of carbonyl (C=O) groups is 2. The first-order valence-corrected chi connectivity index (χ1v) is 9.52. The molecular weight excluding hydrogens is 362 g/mol. The molecule has 1 heterocycles. The van der Waals surface area contributed by atoms with Crippen LogP contribution in [0.1, 0.15) is 28.7 Å². The van der Waals surface area contributed by atoms with Gasteiger partial charge in [-0.15, -0.1) is 11.3 Å². The number of hydrogen-bond donors (Lipinski definition) is 1. The third-order valence-electron chi connectivity index (χ3n) is 3.87. The highest BCUT2D eigenvalue weighted by molar-refractivity contribution is 7.18. The van der Waals surface area contributed by atoms with Gasteiger partial charge in [0.05, 0.1) is 28.9 Å². The van der Waals surface area contributed by atoms with Crippen LogP contribution < -0.4 is 5.32 Å². The molecular formula is C20H21N3O3S. The number of nitrogens with zero attached hydrogens (tertiary/aromatic N) is 2. The van der Waals surface area contributed by atoms with Gasteiger partial charge in [-0.3, -0.25) is 0 Å². The first kappa shape index (κ1) is 18.8. The number of hydrogen-bond acceptors (Lipinski definition) is 5. The Labute approximate surface area is 161 Å². The van der Waals surface area contributed by atoms with Gasteiger partial charge < -0.3 is 15.0 Å². The molecule has 1 N–H and O–H groups in total. The zero-order chi connectivity index (χ0) is 19.2. The predicted molar refractivity (Wildman–Crippen MR) is 107 cm³/mol. The summed E-state index contributed by atoms with van der Waals surface area (Å²) in [5.74, 6) is -0.359. The van der Waals surface area contributed by atoms with Crippen LogP contribution in [0.4, 0.5) is 10.5 Å². The molecule has 2 aromatic carbocycles. The number of benzene rings is 2. The van der Waals surface area contributed by atoms with Crippen molar-refractivity contribution in [1.29, 1.82) is 0 Å². The molecule has 6 nitrogen and oxygen atoms in total. The lowest BCUT2D eigenvalue weighted by Crippen LogP contribution is -2.30. The van der Waals surface area contributed by atoms with Gasteiger partial charge in [0.15, 0.2) is 0 Å². The lowest BCUT2D eigenvalue weighted by molar-refractivity contribution is 0.0505. The van der Waals surface area contributed by atoms with Crippen LogP contribution in [0.25, 0.3) is 10.2 Å². The molecule has 2 amide bonds. The maximum absolute atomic E-state index is 12.4. The van der Waals surface area contributed by atoms with Gasteiger partial charge in [-0.05, 0) is 42.8 Å². The van der Waals surface area contributed by atoms with E-state index in [9.17, 15) is 9.59 Å². The number of anilines is 1. The second-order valence-electron chi connectivity index (χ2n) is 6.07. The molecule has 0 unspecified atom stereocenters. The van der Waals surface area contributed by atoms with E-state index < -0.39 is 0 Å². The maximum atomic E-state index is 12.4. The van der Waals surface area contributed by atoms with Crippen molar-refractivity contribution in [3.05, 3.63) is 59.1 Å². The Morgan fingerprint density at radius 1 is 1.15 bits per heavy atom. The van der Waals surface area contributed by atoms with Crippen molar-refractivity contribution in [2.75, 3.05) is 19.0 Å². The minimum Gasteiger partial charge on any atom is -0.462 e. The SMILES string of the molecule is CCCOC(=O)c1ccc(NC(=O)N(C)Cc2nc3ccccc3s2)cc1. The maximum Gasteiger partial charge on any atom is 0.338 e. The van der Waals surface area contributed by atoms with Gasteiger partial charge >= 0.3 is 12.0 Å². The van der Waals surface area contributed by atoms with Crippen molar-refractivity contribution >= 4 is 39.2 Å². The average molecular weight is 383 g/mol. The molecule has 0 atom stereocenters. The molecule has 0 saturated carbocycles. The standard InChI is InChI=1S/C20H21N3O3S/c1-3-12-26-19(24)14-8-10-15(11-9-14)21-20(25)23(2)13-18-22-16-6-4-5-7-17(16)27-18/h4-11H,3,12-13H2,1-2H3,(H,21,25). The van der Waals surface area contributed by atoms with Crippen molar-refractivity contribution in [2.24, 2.45) is 0 Å². The molecule has 3 rings (SSSR count). The molecule has 7 heteroatoms. The highest BCUT2D eigenvalue weighted by Crippen LogP contribution is 2.22. The molecule has 0 aliphatic carbocycles. The molecule has 0 bridgehead atoms. The highest BCUT2D eigenvalue weighted by atomic mass is 32.1. The topological polar surface area (TPSA) is 71.5 Å². The first-order chi connectivity index (χ1) is 13.1. The van der Waals surface area contributed by atoms with Gasteiger partial charge in [0.25, 0.3) is 0 Å². The summed E-state index contributed by atoms with van der Waals surface area (Å²) in [6, 6.07) is 14.3. The highest BCUT2D eigenvalue weighted by Gasteiger charge is 2.13. The average Bonchev–Trinajstić information content (AvgIpc) is 3.08. The van der Waals surface area contributed by atoms with E-state index in [0.29, 0.717) is 24.4 Å². The second-order valence-corrected chi connectivity index (χ2v) is 7.19. The van der Waals surface area contributed by atoms with E-state index in [1.165, 1.54) is 0 Å². The third-order valence-corrected chi connectivity index (χ3v) is 4.89. The zero-order valence-corrected chi connectivity index (χ0v) is 16.1. The van der Waals surface area contributed by atoms with E-state index in [4.69, 9.17) is 4.74 Å². The largest absolute Gasteiger partial charge is 0.462 e. The Hall–Kier alpha value is -2.93.